The highest BCUT2D eigenvalue weighted by Crippen LogP contribution is 2.23. The van der Waals surface area contributed by atoms with Crippen molar-refractivity contribution >= 4 is 40.3 Å². The van der Waals surface area contributed by atoms with E-state index in [0.717, 1.165) is 29.3 Å². The summed E-state index contributed by atoms with van der Waals surface area (Å²) in [5, 5.41) is 3.31. The van der Waals surface area contributed by atoms with Crippen molar-refractivity contribution in [3.8, 4) is 0 Å². The van der Waals surface area contributed by atoms with Gasteiger partial charge >= 0.3 is 6.03 Å². The van der Waals surface area contributed by atoms with E-state index >= 15 is 0 Å². The first kappa shape index (κ1) is 14.2. The number of hydrogen-bond donors (Lipinski definition) is 1. The number of rotatable bonds is 4. The normalized spacial score (nSPS) is 14.9. The summed E-state index contributed by atoms with van der Waals surface area (Å²) in [7, 11) is 1.82. The molecule has 7 heteroatoms. The molecular weight excluding hydrogens is 308 g/mol. The number of urea groups is 1. The molecule has 1 aliphatic rings. The van der Waals surface area contributed by atoms with E-state index < -0.39 is 0 Å². The van der Waals surface area contributed by atoms with Gasteiger partial charge in [0, 0.05) is 42.6 Å². The van der Waals surface area contributed by atoms with Crippen LogP contribution in [0.4, 0.5) is 16.2 Å². The molecule has 0 radical (unpaired) electrons. The molecule has 2 amide bonds. The lowest BCUT2D eigenvalue weighted by atomic mass is 10.2. The van der Waals surface area contributed by atoms with E-state index in [1.165, 1.54) is 11.3 Å². The zero-order valence-electron chi connectivity index (χ0n) is 11.5. The number of carbonyl (C=O) groups excluding carboxylic acids is 1. The lowest BCUT2D eigenvalue weighted by molar-refractivity contribution is 0.229. The minimum Gasteiger partial charge on any atom is -0.380 e. The zero-order chi connectivity index (χ0) is 14.8. The number of benzene rings is 1. The Morgan fingerprint density at radius 2 is 2.10 bits per heavy atom. The molecule has 0 saturated carbocycles. The van der Waals surface area contributed by atoms with Crippen molar-refractivity contribution in [3.63, 3.8) is 0 Å². The third kappa shape index (κ3) is 3.11. The van der Waals surface area contributed by atoms with E-state index in [2.05, 4.69) is 10.3 Å². The standard InChI is InChI=1S/C14H15ClN4OS/c1-18-6-7-19(14(18)20)11-4-2-10(3-5-11)16-8-12-9-17-13(15)21-12/h2-5,9,16H,6-8H2,1H3. The third-order valence-electron chi connectivity index (χ3n) is 3.39. The molecule has 1 aliphatic heterocycles. The molecule has 110 valence electrons. The van der Waals surface area contributed by atoms with E-state index in [-0.39, 0.29) is 6.03 Å². The number of thiazole rings is 1. The second kappa shape index (κ2) is 5.91. The molecule has 1 saturated heterocycles. The van der Waals surface area contributed by atoms with Crippen LogP contribution in [0.3, 0.4) is 0 Å². The summed E-state index contributed by atoms with van der Waals surface area (Å²) in [5.41, 5.74) is 1.93. The van der Waals surface area contributed by atoms with Crippen LogP contribution < -0.4 is 10.2 Å². The number of anilines is 2. The van der Waals surface area contributed by atoms with Gasteiger partial charge in [-0.2, -0.15) is 0 Å². The van der Waals surface area contributed by atoms with Gasteiger partial charge < -0.3 is 10.2 Å². The molecule has 1 aromatic heterocycles. The summed E-state index contributed by atoms with van der Waals surface area (Å²) in [4.78, 5) is 20.5. The van der Waals surface area contributed by atoms with Crippen molar-refractivity contribution in [2.75, 3.05) is 30.4 Å². The van der Waals surface area contributed by atoms with Crippen LogP contribution >= 0.6 is 22.9 Å². The van der Waals surface area contributed by atoms with Crippen LogP contribution in [0.15, 0.2) is 30.5 Å². The average molecular weight is 323 g/mol. The van der Waals surface area contributed by atoms with Gasteiger partial charge in [-0.25, -0.2) is 9.78 Å². The van der Waals surface area contributed by atoms with Gasteiger partial charge in [-0.05, 0) is 24.3 Å². The maximum Gasteiger partial charge on any atom is 0.324 e. The van der Waals surface area contributed by atoms with Gasteiger partial charge in [0.15, 0.2) is 4.47 Å². The minimum atomic E-state index is 0.0509. The largest absolute Gasteiger partial charge is 0.380 e. The summed E-state index contributed by atoms with van der Waals surface area (Å²) in [6.45, 7) is 2.20. The minimum absolute atomic E-state index is 0.0509. The van der Waals surface area contributed by atoms with Crippen molar-refractivity contribution in [2.45, 2.75) is 6.54 Å². The Morgan fingerprint density at radius 3 is 2.67 bits per heavy atom. The molecule has 1 N–H and O–H groups in total. The van der Waals surface area contributed by atoms with Crippen molar-refractivity contribution < 1.29 is 4.79 Å². The lowest BCUT2D eigenvalue weighted by Gasteiger charge is -2.16. The number of likely N-dealkylation sites (N-methyl/N-ethyl adjacent to an activating group) is 1. The Hall–Kier alpha value is -1.79. The summed E-state index contributed by atoms with van der Waals surface area (Å²) in [6.07, 6.45) is 1.77. The van der Waals surface area contributed by atoms with Gasteiger partial charge in [-0.3, -0.25) is 4.90 Å². The SMILES string of the molecule is CN1CCN(c2ccc(NCc3cnc(Cl)s3)cc2)C1=O. The van der Waals surface area contributed by atoms with Crippen molar-refractivity contribution in [3.05, 3.63) is 39.8 Å². The van der Waals surface area contributed by atoms with Crippen LogP contribution in [0.5, 0.6) is 0 Å². The van der Waals surface area contributed by atoms with Gasteiger partial charge in [0.2, 0.25) is 0 Å². The molecule has 0 aliphatic carbocycles. The van der Waals surface area contributed by atoms with Crippen LogP contribution in [0.25, 0.3) is 0 Å². The molecule has 0 atom stereocenters. The maximum absolute atomic E-state index is 11.9. The number of nitrogens with zero attached hydrogens (tertiary/aromatic N) is 3. The molecular formula is C14H15ClN4OS. The predicted molar refractivity (Wildman–Crippen MR) is 86.3 cm³/mol. The van der Waals surface area contributed by atoms with Gasteiger partial charge in [0.25, 0.3) is 0 Å². The molecule has 3 rings (SSSR count). The molecule has 21 heavy (non-hydrogen) atoms. The third-order valence-corrected chi connectivity index (χ3v) is 4.50. The van der Waals surface area contributed by atoms with Gasteiger partial charge in [0.05, 0.1) is 6.54 Å². The average Bonchev–Trinajstić information content (AvgIpc) is 3.05. The smallest absolute Gasteiger partial charge is 0.324 e. The van der Waals surface area contributed by atoms with E-state index in [0.29, 0.717) is 11.0 Å². The van der Waals surface area contributed by atoms with Crippen molar-refractivity contribution in [1.29, 1.82) is 0 Å². The first-order valence-corrected chi connectivity index (χ1v) is 7.80. The number of nitrogens with one attached hydrogen (secondary N) is 1. The Labute approximate surface area is 132 Å². The van der Waals surface area contributed by atoms with Crippen LogP contribution in [-0.4, -0.2) is 36.1 Å². The summed E-state index contributed by atoms with van der Waals surface area (Å²) in [5.74, 6) is 0. The quantitative estimate of drug-likeness (QED) is 0.939. The number of halogens is 1. The topological polar surface area (TPSA) is 48.5 Å². The lowest BCUT2D eigenvalue weighted by Crippen LogP contribution is -2.29. The fraction of sp³-hybridized carbons (Fsp3) is 0.286. The Morgan fingerprint density at radius 1 is 1.33 bits per heavy atom. The van der Waals surface area contributed by atoms with Gasteiger partial charge in [-0.1, -0.05) is 11.6 Å². The molecule has 0 bridgehead atoms. The van der Waals surface area contributed by atoms with E-state index in [1.807, 2.05) is 31.3 Å². The molecule has 1 aromatic carbocycles. The van der Waals surface area contributed by atoms with Crippen LogP contribution in [0.2, 0.25) is 4.47 Å². The first-order valence-electron chi connectivity index (χ1n) is 6.60. The van der Waals surface area contributed by atoms with Crippen LogP contribution in [-0.2, 0) is 6.54 Å². The molecule has 2 aromatic rings. The van der Waals surface area contributed by atoms with Gasteiger partial charge in [-0.15, -0.1) is 11.3 Å². The van der Waals surface area contributed by atoms with Crippen molar-refractivity contribution in [2.24, 2.45) is 0 Å². The molecule has 0 spiro atoms. The fourth-order valence-electron chi connectivity index (χ4n) is 2.20. The number of amides is 2. The first-order chi connectivity index (χ1) is 10.1. The predicted octanol–water partition coefficient (Wildman–Crippen LogP) is 3.28. The number of carbonyl (C=O) groups is 1. The Bertz CT molecular complexity index is 643. The monoisotopic (exact) mass is 322 g/mol. The second-order valence-electron chi connectivity index (χ2n) is 4.84. The number of aromatic nitrogens is 1. The van der Waals surface area contributed by atoms with E-state index in [9.17, 15) is 4.79 Å². The molecule has 0 unspecified atom stereocenters. The van der Waals surface area contributed by atoms with Gasteiger partial charge in [0.1, 0.15) is 0 Å². The highest BCUT2D eigenvalue weighted by Gasteiger charge is 2.26. The highest BCUT2D eigenvalue weighted by molar-refractivity contribution is 7.15. The van der Waals surface area contributed by atoms with Crippen LogP contribution in [0, 0.1) is 0 Å². The summed E-state index contributed by atoms with van der Waals surface area (Å²) < 4.78 is 0.554. The van der Waals surface area contributed by atoms with E-state index in [4.69, 9.17) is 11.6 Å². The summed E-state index contributed by atoms with van der Waals surface area (Å²) >= 11 is 7.26. The van der Waals surface area contributed by atoms with Crippen LogP contribution in [0.1, 0.15) is 4.88 Å². The molecule has 1 fully saturated rings. The Balaban J connectivity index is 1.63. The van der Waals surface area contributed by atoms with E-state index in [1.54, 1.807) is 16.0 Å². The maximum atomic E-state index is 11.9. The zero-order valence-corrected chi connectivity index (χ0v) is 13.1. The second-order valence-corrected chi connectivity index (χ2v) is 6.53. The Kier molecular flexibility index (Phi) is 3.98. The highest BCUT2D eigenvalue weighted by atomic mass is 35.5. The number of hydrogen-bond acceptors (Lipinski definition) is 4. The summed E-state index contributed by atoms with van der Waals surface area (Å²) in [6, 6.07) is 7.92. The van der Waals surface area contributed by atoms with Crippen molar-refractivity contribution in [1.82, 2.24) is 9.88 Å². The fourth-order valence-corrected chi connectivity index (χ4v) is 3.12. The molecule has 5 nitrogen and oxygen atoms in total. The molecule has 2 heterocycles.